The van der Waals surface area contributed by atoms with Crippen molar-refractivity contribution in [2.24, 2.45) is 0 Å². The molecule has 1 aromatic heterocycles. The van der Waals surface area contributed by atoms with E-state index in [1.807, 2.05) is 0 Å². The first-order valence-electron chi connectivity index (χ1n) is 16.7. The van der Waals surface area contributed by atoms with Crippen molar-refractivity contribution in [1.29, 1.82) is 0 Å². The second-order valence-electron chi connectivity index (χ2n) is 14.1. The van der Waals surface area contributed by atoms with Gasteiger partial charge < -0.3 is 4.57 Å². The molecule has 0 bridgehead atoms. The lowest BCUT2D eigenvalue weighted by atomic mass is 9.70. The van der Waals surface area contributed by atoms with Gasteiger partial charge in [-0.05, 0) is 97.1 Å². The van der Waals surface area contributed by atoms with E-state index in [-0.39, 0.29) is 10.8 Å². The summed E-state index contributed by atoms with van der Waals surface area (Å²) in [6.07, 6.45) is 0. The molecular formula is C46H31N. The quantitative estimate of drug-likeness (QED) is 0.177. The molecule has 0 saturated heterocycles. The fourth-order valence-electron chi connectivity index (χ4n) is 9.66. The fraction of sp³-hybridized carbons (Fsp3) is 0.0870. The van der Waals surface area contributed by atoms with Crippen LogP contribution in [-0.2, 0) is 10.8 Å². The molecule has 0 radical (unpaired) electrons. The third-order valence-electron chi connectivity index (χ3n) is 11.6. The van der Waals surface area contributed by atoms with Gasteiger partial charge in [0.2, 0.25) is 0 Å². The van der Waals surface area contributed by atoms with Crippen molar-refractivity contribution in [1.82, 2.24) is 4.57 Å². The Labute approximate surface area is 274 Å². The maximum absolute atomic E-state index is 2.54. The fourth-order valence-corrected chi connectivity index (χ4v) is 9.66. The van der Waals surface area contributed by atoms with Crippen LogP contribution in [0, 0.1) is 0 Å². The van der Waals surface area contributed by atoms with Gasteiger partial charge in [0.25, 0.3) is 0 Å². The van der Waals surface area contributed by atoms with Gasteiger partial charge in [0, 0.05) is 21.9 Å². The van der Waals surface area contributed by atoms with Crippen molar-refractivity contribution in [2.45, 2.75) is 24.7 Å². The van der Waals surface area contributed by atoms with Crippen LogP contribution in [-0.4, -0.2) is 4.57 Å². The molecule has 0 fully saturated rings. The first kappa shape index (κ1) is 25.5. The van der Waals surface area contributed by atoms with Gasteiger partial charge in [0.1, 0.15) is 0 Å². The van der Waals surface area contributed by atoms with Crippen molar-refractivity contribution in [3.8, 4) is 39.1 Å². The molecule has 7 aromatic carbocycles. The second-order valence-corrected chi connectivity index (χ2v) is 14.1. The highest BCUT2D eigenvalue weighted by Crippen LogP contribution is 2.63. The molecule has 0 N–H and O–H groups in total. The molecule has 0 unspecified atom stereocenters. The minimum atomic E-state index is -0.347. The summed E-state index contributed by atoms with van der Waals surface area (Å²) in [6.45, 7) is 4.74. The summed E-state index contributed by atoms with van der Waals surface area (Å²) in [5.74, 6) is 0. The van der Waals surface area contributed by atoms with Gasteiger partial charge >= 0.3 is 0 Å². The summed E-state index contributed by atoms with van der Waals surface area (Å²) < 4.78 is 2.51. The number of fused-ring (bicyclic) bond motifs is 16. The third kappa shape index (κ3) is 2.93. The van der Waals surface area contributed by atoms with Gasteiger partial charge in [0.05, 0.1) is 16.4 Å². The zero-order chi connectivity index (χ0) is 31.1. The molecular weight excluding hydrogens is 567 g/mol. The lowest BCUT2D eigenvalue weighted by Crippen LogP contribution is -2.25. The monoisotopic (exact) mass is 597 g/mol. The summed E-state index contributed by atoms with van der Waals surface area (Å²) in [5.41, 5.74) is 19.7. The Bertz CT molecular complexity index is 2620. The number of aromatic nitrogens is 1. The van der Waals surface area contributed by atoms with Crippen LogP contribution in [0.2, 0.25) is 0 Å². The molecule has 220 valence electrons. The van der Waals surface area contributed by atoms with Crippen LogP contribution in [0.25, 0.3) is 60.9 Å². The van der Waals surface area contributed by atoms with Gasteiger partial charge in [-0.2, -0.15) is 0 Å². The van der Waals surface area contributed by atoms with Crippen LogP contribution < -0.4 is 0 Å². The molecule has 47 heavy (non-hydrogen) atoms. The van der Waals surface area contributed by atoms with E-state index in [2.05, 4.69) is 170 Å². The number of hydrogen-bond donors (Lipinski definition) is 0. The second kappa shape index (κ2) is 8.57. The van der Waals surface area contributed by atoms with E-state index >= 15 is 0 Å². The van der Waals surface area contributed by atoms with E-state index in [0.29, 0.717) is 0 Å². The van der Waals surface area contributed by atoms with Crippen LogP contribution in [0.4, 0.5) is 0 Å². The van der Waals surface area contributed by atoms with Crippen LogP contribution in [0.5, 0.6) is 0 Å². The standard InChI is InChI=1S/C46H31N/c1-45(2)37-18-8-3-13-29(37)33-24-23-28(25-41(33)45)47-43-22-12-7-17-34(43)36-26-42-35(27-44(36)47)32-16-6-11-21-40(32)46(42)38-19-9-4-14-30(38)31-15-5-10-20-39(31)46/h3-27H,1-2H3. The SMILES string of the molecule is CC1(C)c2ccccc2-c2ccc(-n3c4ccccc4c4cc5c(cc43)-c3ccccc3C53c4ccccc4-c4ccccc43)cc21. The van der Waals surface area contributed by atoms with Crippen LogP contribution in [0.3, 0.4) is 0 Å². The van der Waals surface area contributed by atoms with Gasteiger partial charge in [0.15, 0.2) is 0 Å². The van der Waals surface area contributed by atoms with E-state index in [4.69, 9.17) is 0 Å². The first-order valence-corrected chi connectivity index (χ1v) is 16.7. The van der Waals surface area contributed by atoms with Gasteiger partial charge in [-0.1, -0.05) is 135 Å². The molecule has 0 saturated carbocycles. The normalized spacial score (nSPS) is 15.4. The van der Waals surface area contributed by atoms with Crippen molar-refractivity contribution in [3.63, 3.8) is 0 Å². The van der Waals surface area contributed by atoms with E-state index < -0.39 is 0 Å². The molecule has 0 aliphatic heterocycles. The largest absolute Gasteiger partial charge is 0.309 e. The number of benzene rings is 7. The maximum atomic E-state index is 2.54. The summed E-state index contributed by atoms with van der Waals surface area (Å²) in [5, 5.41) is 2.59. The van der Waals surface area contributed by atoms with Crippen molar-refractivity contribution in [2.75, 3.05) is 0 Å². The van der Waals surface area contributed by atoms with E-state index in [9.17, 15) is 0 Å². The average molecular weight is 598 g/mol. The molecule has 3 aliphatic carbocycles. The lowest BCUT2D eigenvalue weighted by molar-refractivity contribution is 0.660. The third-order valence-corrected chi connectivity index (χ3v) is 11.6. The first-order chi connectivity index (χ1) is 23.1. The van der Waals surface area contributed by atoms with Crippen molar-refractivity contribution < 1.29 is 0 Å². The van der Waals surface area contributed by atoms with Crippen molar-refractivity contribution in [3.05, 3.63) is 185 Å². The average Bonchev–Trinajstić information content (AvgIpc) is 3.78. The highest BCUT2D eigenvalue weighted by atomic mass is 15.0. The molecule has 8 aromatic rings. The molecule has 1 nitrogen and oxygen atoms in total. The molecule has 1 heteroatoms. The number of rotatable bonds is 1. The summed E-state index contributed by atoms with van der Waals surface area (Å²) in [7, 11) is 0. The van der Waals surface area contributed by atoms with Crippen LogP contribution in [0.15, 0.2) is 152 Å². The predicted octanol–water partition coefficient (Wildman–Crippen LogP) is 11.4. The topological polar surface area (TPSA) is 4.93 Å². The van der Waals surface area contributed by atoms with Gasteiger partial charge in [-0.25, -0.2) is 0 Å². The molecule has 0 atom stereocenters. The summed E-state index contributed by atoms with van der Waals surface area (Å²) in [6, 6.07) is 57.3. The molecule has 1 spiro atoms. The molecule has 11 rings (SSSR count). The maximum Gasteiger partial charge on any atom is 0.0725 e. The van der Waals surface area contributed by atoms with E-state index in [1.54, 1.807) is 0 Å². The smallest absolute Gasteiger partial charge is 0.0725 e. The molecule has 3 aliphatic rings. The Balaban J connectivity index is 1.24. The Kier molecular flexibility index (Phi) is 4.66. The molecule has 1 heterocycles. The highest BCUT2D eigenvalue weighted by Gasteiger charge is 2.51. The minimum absolute atomic E-state index is 0.0590. The zero-order valence-corrected chi connectivity index (χ0v) is 26.4. The van der Waals surface area contributed by atoms with E-state index in [0.717, 1.165) is 0 Å². The lowest BCUT2D eigenvalue weighted by Gasteiger charge is -2.30. The van der Waals surface area contributed by atoms with Crippen molar-refractivity contribution >= 4 is 21.8 Å². The number of para-hydroxylation sites is 1. The van der Waals surface area contributed by atoms with E-state index in [1.165, 1.54) is 94.3 Å². The van der Waals surface area contributed by atoms with Crippen LogP contribution >= 0.6 is 0 Å². The summed E-state index contributed by atoms with van der Waals surface area (Å²) >= 11 is 0. The van der Waals surface area contributed by atoms with Crippen LogP contribution in [0.1, 0.15) is 47.2 Å². The Morgan fingerprint density at radius 1 is 0.362 bits per heavy atom. The number of hydrogen-bond acceptors (Lipinski definition) is 0. The Morgan fingerprint density at radius 2 is 0.872 bits per heavy atom. The molecule has 0 amide bonds. The Morgan fingerprint density at radius 3 is 1.53 bits per heavy atom. The summed E-state index contributed by atoms with van der Waals surface area (Å²) in [4.78, 5) is 0. The zero-order valence-electron chi connectivity index (χ0n) is 26.4. The minimum Gasteiger partial charge on any atom is -0.309 e. The Hall–Kier alpha value is -5.66. The number of nitrogens with zero attached hydrogens (tertiary/aromatic N) is 1. The highest BCUT2D eigenvalue weighted by molar-refractivity contribution is 6.12. The van der Waals surface area contributed by atoms with Gasteiger partial charge in [-0.3, -0.25) is 0 Å². The predicted molar refractivity (Wildman–Crippen MR) is 195 cm³/mol. The van der Waals surface area contributed by atoms with Gasteiger partial charge in [-0.15, -0.1) is 0 Å².